The standard InChI is InChI=1S/C10H14N2O.2ClH/c1-8-5-10(8,11)7-13-9-3-2-4-12-6-9;;/h2-4,6,8H,5,7,11H2,1H3;2*1H/t8-,10-;;/m0../s1. The SMILES string of the molecule is C[C@H]1C[C@]1(N)COc1cccnc1.Cl.Cl. The third-order valence-corrected chi connectivity index (χ3v) is 2.65. The second-order valence-electron chi connectivity index (χ2n) is 3.82. The second kappa shape index (κ2) is 5.54. The first-order chi connectivity index (χ1) is 6.21. The van der Waals surface area contributed by atoms with Gasteiger partial charge < -0.3 is 10.5 Å². The van der Waals surface area contributed by atoms with Gasteiger partial charge in [0.2, 0.25) is 0 Å². The Morgan fingerprint density at radius 1 is 1.60 bits per heavy atom. The van der Waals surface area contributed by atoms with E-state index in [-0.39, 0.29) is 30.4 Å². The van der Waals surface area contributed by atoms with Crippen molar-refractivity contribution in [1.82, 2.24) is 4.98 Å². The molecule has 1 aliphatic rings. The average molecular weight is 251 g/mol. The summed E-state index contributed by atoms with van der Waals surface area (Å²) in [6.45, 7) is 2.74. The van der Waals surface area contributed by atoms with Gasteiger partial charge in [-0.05, 0) is 24.5 Å². The third-order valence-electron chi connectivity index (χ3n) is 2.65. The van der Waals surface area contributed by atoms with Crippen LogP contribution in [0.15, 0.2) is 24.5 Å². The molecule has 3 nitrogen and oxygen atoms in total. The van der Waals surface area contributed by atoms with Crippen LogP contribution in [0, 0.1) is 5.92 Å². The lowest BCUT2D eigenvalue weighted by molar-refractivity contribution is 0.270. The van der Waals surface area contributed by atoms with E-state index in [1.165, 1.54) is 0 Å². The number of nitrogens with two attached hydrogens (primary N) is 1. The monoisotopic (exact) mass is 250 g/mol. The predicted octanol–water partition coefficient (Wildman–Crippen LogP) is 2.04. The number of nitrogens with zero attached hydrogens (tertiary/aromatic N) is 1. The molecule has 0 radical (unpaired) electrons. The minimum Gasteiger partial charge on any atom is -0.490 e. The van der Waals surface area contributed by atoms with Gasteiger partial charge >= 0.3 is 0 Å². The quantitative estimate of drug-likeness (QED) is 0.894. The topological polar surface area (TPSA) is 48.1 Å². The number of halogens is 2. The zero-order valence-electron chi connectivity index (χ0n) is 8.55. The summed E-state index contributed by atoms with van der Waals surface area (Å²) >= 11 is 0. The molecule has 1 fully saturated rings. The van der Waals surface area contributed by atoms with Gasteiger partial charge in [-0.15, -0.1) is 24.8 Å². The maximum absolute atomic E-state index is 5.99. The number of aromatic nitrogens is 1. The summed E-state index contributed by atoms with van der Waals surface area (Å²) < 4.78 is 5.52. The van der Waals surface area contributed by atoms with Crippen molar-refractivity contribution in [3.8, 4) is 5.75 Å². The van der Waals surface area contributed by atoms with Crippen LogP contribution in [-0.2, 0) is 0 Å². The van der Waals surface area contributed by atoms with Crippen LogP contribution >= 0.6 is 24.8 Å². The molecule has 1 aromatic heterocycles. The normalized spacial score (nSPS) is 27.2. The molecular weight excluding hydrogens is 235 g/mol. The lowest BCUT2D eigenvalue weighted by atomic mass is 10.2. The van der Waals surface area contributed by atoms with Crippen molar-refractivity contribution >= 4 is 24.8 Å². The molecule has 1 heterocycles. The van der Waals surface area contributed by atoms with E-state index in [0.29, 0.717) is 12.5 Å². The van der Waals surface area contributed by atoms with E-state index >= 15 is 0 Å². The van der Waals surface area contributed by atoms with E-state index in [1.54, 1.807) is 12.4 Å². The number of ether oxygens (including phenoxy) is 1. The van der Waals surface area contributed by atoms with Crippen molar-refractivity contribution in [3.63, 3.8) is 0 Å². The fraction of sp³-hybridized carbons (Fsp3) is 0.500. The van der Waals surface area contributed by atoms with Crippen molar-refractivity contribution in [2.45, 2.75) is 18.9 Å². The first-order valence-electron chi connectivity index (χ1n) is 4.52. The highest BCUT2D eigenvalue weighted by Crippen LogP contribution is 2.40. The van der Waals surface area contributed by atoms with Gasteiger partial charge in [0, 0.05) is 6.20 Å². The van der Waals surface area contributed by atoms with Gasteiger partial charge in [0.15, 0.2) is 0 Å². The summed E-state index contributed by atoms with van der Waals surface area (Å²) in [5.74, 6) is 1.38. The molecular formula is C10H16Cl2N2O. The van der Waals surface area contributed by atoms with Crippen LogP contribution in [0.2, 0.25) is 0 Å². The first kappa shape index (κ1) is 14.5. The molecule has 1 saturated carbocycles. The molecule has 2 N–H and O–H groups in total. The maximum atomic E-state index is 5.99. The van der Waals surface area contributed by atoms with Crippen LogP contribution in [0.5, 0.6) is 5.75 Å². The van der Waals surface area contributed by atoms with Crippen molar-refractivity contribution in [3.05, 3.63) is 24.5 Å². The van der Waals surface area contributed by atoms with Crippen LogP contribution in [0.25, 0.3) is 0 Å². The Morgan fingerprint density at radius 2 is 2.27 bits per heavy atom. The van der Waals surface area contributed by atoms with Crippen molar-refractivity contribution < 1.29 is 4.74 Å². The summed E-state index contributed by atoms with van der Waals surface area (Å²) in [5, 5.41) is 0. The molecule has 0 amide bonds. The summed E-state index contributed by atoms with van der Waals surface area (Å²) in [6, 6.07) is 3.75. The third kappa shape index (κ3) is 3.52. The molecule has 0 aromatic carbocycles. The Balaban J connectivity index is 0.000000980. The largest absolute Gasteiger partial charge is 0.490 e. The summed E-state index contributed by atoms with van der Waals surface area (Å²) in [4.78, 5) is 3.96. The van der Waals surface area contributed by atoms with Crippen molar-refractivity contribution in [1.29, 1.82) is 0 Å². The maximum Gasteiger partial charge on any atom is 0.137 e. The zero-order chi connectivity index (χ0) is 9.31. The molecule has 2 rings (SSSR count). The highest BCUT2D eigenvalue weighted by atomic mass is 35.5. The van der Waals surface area contributed by atoms with E-state index in [0.717, 1.165) is 12.2 Å². The lowest BCUT2D eigenvalue weighted by Crippen LogP contribution is -2.32. The number of pyridine rings is 1. The molecule has 2 atom stereocenters. The molecule has 0 aliphatic heterocycles. The van der Waals surface area contributed by atoms with E-state index in [9.17, 15) is 0 Å². The van der Waals surface area contributed by atoms with Crippen molar-refractivity contribution in [2.24, 2.45) is 11.7 Å². The molecule has 0 spiro atoms. The molecule has 0 unspecified atom stereocenters. The Kier molecular flexibility index (Phi) is 5.35. The molecule has 1 aliphatic carbocycles. The highest BCUT2D eigenvalue weighted by Gasteiger charge is 2.48. The summed E-state index contributed by atoms with van der Waals surface area (Å²) in [7, 11) is 0. The molecule has 0 saturated heterocycles. The fourth-order valence-corrected chi connectivity index (χ4v) is 1.36. The Labute approximate surface area is 102 Å². The molecule has 0 bridgehead atoms. The van der Waals surface area contributed by atoms with E-state index in [2.05, 4.69) is 11.9 Å². The molecule has 15 heavy (non-hydrogen) atoms. The highest BCUT2D eigenvalue weighted by molar-refractivity contribution is 5.85. The van der Waals surface area contributed by atoms with Gasteiger partial charge in [-0.3, -0.25) is 4.98 Å². The van der Waals surface area contributed by atoms with Gasteiger partial charge in [0.25, 0.3) is 0 Å². The van der Waals surface area contributed by atoms with E-state index in [4.69, 9.17) is 10.5 Å². The van der Waals surface area contributed by atoms with Gasteiger partial charge in [0.1, 0.15) is 12.4 Å². The van der Waals surface area contributed by atoms with Crippen LogP contribution in [-0.4, -0.2) is 17.1 Å². The Hall–Kier alpha value is -0.510. The number of rotatable bonds is 3. The van der Waals surface area contributed by atoms with Gasteiger partial charge in [0.05, 0.1) is 11.7 Å². The average Bonchev–Trinajstić information content (AvgIpc) is 2.74. The van der Waals surface area contributed by atoms with Crippen LogP contribution in [0.4, 0.5) is 0 Å². The minimum atomic E-state index is -0.0875. The molecule has 5 heteroatoms. The van der Waals surface area contributed by atoms with E-state index < -0.39 is 0 Å². The molecule has 86 valence electrons. The van der Waals surface area contributed by atoms with E-state index in [1.807, 2.05) is 12.1 Å². The Bertz CT molecular complexity index is 297. The summed E-state index contributed by atoms with van der Waals surface area (Å²) in [6.07, 6.45) is 4.49. The Morgan fingerprint density at radius 3 is 2.73 bits per heavy atom. The fourth-order valence-electron chi connectivity index (χ4n) is 1.36. The number of hydrogen-bond acceptors (Lipinski definition) is 3. The minimum absolute atomic E-state index is 0. The molecule has 1 aromatic rings. The van der Waals surface area contributed by atoms with Gasteiger partial charge in [-0.1, -0.05) is 6.92 Å². The van der Waals surface area contributed by atoms with Crippen LogP contribution in [0.1, 0.15) is 13.3 Å². The zero-order valence-corrected chi connectivity index (χ0v) is 10.2. The van der Waals surface area contributed by atoms with Crippen molar-refractivity contribution in [2.75, 3.05) is 6.61 Å². The summed E-state index contributed by atoms with van der Waals surface area (Å²) in [5.41, 5.74) is 5.91. The second-order valence-corrected chi connectivity index (χ2v) is 3.82. The van der Waals surface area contributed by atoms with Crippen LogP contribution < -0.4 is 10.5 Å². The number of hydrogen-bond donors (Lipinski definition) is 1. The van der Waals surface area contributed by atoms with Gasteiger partial charge in [-0.2, -0.15) is 0 Å². The predicted molar refractivity (Wildman–Crippen MR) is 64.9 cm³/mol. The van der Waals surface area contributed by atoms with Crippen LogP contribution in [0.3, 0.4) is 0 Å². The first-order valence-corrected chi connectivity index (χ1v) is 4.52. The lowest BCUT2D eigenvalue weighted by Gasteiger charge is -2.11. The smallest absolute Gasteiger partial charge is 0.137 e. The van der Waals surface area contributed by atoms with Gasteiger partial charge in [-0.25, -0.2) is 0 Å².